The van der Waals surface area contributed by atoms with Gasteiger partial charge in [-0.05, 0) is 31.5 Å². The highest BCUT2D eigenvalue weighted by Crippen LogP contribution is 2.21. The van der Waals surface area contributed by atoms with Gasteiger partial charge in [0.25, 0.3) is 0 Å². The number of nitrogens with two attached hydrogens (primary N) is 1. The van der Waals surface area contributed by atoms with Crippen LogP contribution in [0.2, 0.25) is 0 Å². The largest absolute Gasteiger partial charge is 0.497 e. The monoisotopic (exact) mass is 276 g/mol. The average Bonchev–Trinajstić information content (AvgIpc) is 2.87. The van der Waals surface area contributed by atoms with Crippen molar-refractivity contribution in [2.24, 2.45) is 5.73 Å². The zero-order chi connectivity index (χ0) is 14.8. The molecule has 108 valence electrons. The van der Waals surface area contributed by atoms with Gasteiger partial charge in [0.2, 0.25) is 0 Å². The molecule has 0 saturated carbocycles. The molecule has 0 aliphatic carbocycles. The van der Waals surface area contributed by atoms with Gasteiger partial charge < -0.3 is 15.6 Å². The standard InChI is InChI=1S/C14H20N4O2/c1-14(2,15)13-9-18(17-16-13)8-12(19)10-5-4-6-11(7-10)20-3/h4-7,9,12,19H,8,15H2,1-3H3. The molecule has 0 fully saturated rings. The van der Waals surface area contributed by atoms with E-state index in [-0.39, 0.29) is 0 Å². The van der Waals surface area contributed by atoms with Crippen LogP contribution in [0.3, 0.4) is 0 Å². The van der Waals surface area contributed by atoms with Gasteiger partial charge in [-0.1, -0.05) is 17.3 Å². The molecule has 0 spiro atoms. The molecule has 3 N–H and O–H groups in total. The number of aliphatic hydroxyl groups excluding tert-OH is 1. The van der Waals surface area contributed by atoms with Crippen LogP contribution < -0.4 is 10.5 Å². The van der Waals surface area contributed by atoms with Crippen LogP contribution in [-0.4, -0.2) is 27.2 Å². The van der Waals surface area contributed by atoms with E-state index in [1.54, 1.807) is 24.1 Å². The summed E-state index contributed by atoms with van der Waals surface area (Å²) in [4.78, 5) is 0. The van der Waals surface area contributed by atoms with Gasteiger partial charge in [0.15, 0.2) is 0 Å². The topological polar surface area (TPSA) is 86.2 Å². The van der Waals surface area contributed by atoms with Crippen LogP contribution in [0.1, 0.15) is 31.2 Å². The van der Waals surface area contributed by atoms with Crippen molar-refractivity contribution in [2.45, 2.75) is 32.0 Å². The Balaban J connectivity index is 2.11. The van der Waals surface area contributed by atoms with E-state index >= 15 is 0 Å². The molecule has 6 nitrogen and oxygen atoms in total. The lowest BCUT2D eigenvalue weighted by Crippen LogP contribution is -2.29. The number of hydrogen-bond donors (Lipinski definition) is 2. The first-order chi connectivity index (χ1) is 9.40. The van der Waals surface area contributed by atoms with Gasteiger partial charge >= 0.3 is 0 Å². The highest BCUT2D eigenvalue weighted by Gasteiger charge is 2.19. The summed E-state index contributed by atoms with van der Waals surface area (Å²) >= 11 is 0. The first kappa shape index (κ1) is 14.5. The third-order valence-corrected chi connectivity index (χ3v) is 3.04. The Morgan fingerprint density at radius 3 is 2.80 bits per heavy atom. The third kappa shape index (κ3) is 3.34. The molecule has 2 rings (SSSR count). The van der Waals surface area contributed by atoms with Crippen LogP contribution >= 0.6 is 0 Å². The summed E-state index contributed by atoms with van der Waals surface area (Å²) in [5.41, 5.74) is 6.87. The van der Waals surface area contributed by atoms with Crippen LogP contribution in [0.5, 0.6) is 5.75 Å². The molecule has 0 amide bonds. The van der Waals surface area contributed by atoms with Crippen LogP contribution in [-0.2, 0) is 12.1 Å². The Labute approximate surface area is 118 Å². The maximum Gasteiger partial charge on any atom is 0.119 e. The molecule has 0 aliphatic rings. The molecule has 1 aromatic carbocycles. The minimum atomic E-state index is -0.680. The lowest BCUT2D eigenvalue weighted by molar-refractivity contribution is 0.150. The van der Waals surface area contributed by atoms with Gasteiger partial charge in [-0.15, -0.1) is 5.10 Å². The van der Waals surface area contributed by atoms with Gasteiger partial charge in [-0.25, -0.2) is 4.68 Å². The minimum absolute atomic E-state index is 0.316. The molecular weight excluding hydrogens is 256 g/mol. The molecule has 6 heteroatoms. The molecule has 0 aliphatic heterocycles. The van der Waals surface area contributed by atoms with E-state index < -0.39 is 11.6 Å². The average molecular weight is 276 g/mol. The van der Waals surface area contributed by atoms with Crippen molar-refractivity contribution in [3.63, 3.8) is 0 Å². The maximum absolute atomic E-state index is 10.2. The molecular formula is C14H20N4O2. The number of aromatic nitrogens is 3. The highest BCUT2D eigenvalue weighted by atomic mass is 16.5. The van der Waals surface area contributed by atoms with Crippen LogP contribution in [0.25, 0.3) is 0 Å². The van der Waals surface area contributed by atoms with E-state index in [0.29, 0.717) is 18.0 Å². The number of rotatable bonds is 5. The van der Waals surface area contributed by atoms with E-state index in [1.165, 1.54) is 0 Å². The Bertz CT molecular complexity index is 575. The number of methoxy groups -OCH3 is 1. The van der Waals surface area contributed by atoms with Crippen molar-refractivity contribution in [3.8, 4) is 5.75 Å². The second kappa shape index (κ2) is 5.60. The van der Waals surface area contributed by atoms with E-state index in [4.69, 9.17) is 10.5 Å². The lowest BCUT2D eigenvalue weighted by Gasteiger charge is -2.14. The van der Waals surface area contributed by atoms with Crippen molar-refractivity contribution in [1.29, 1.82) is 0 Å². The second-order valence-corrected chi connectivity index (χ2v) is 5.34. The van der Waals surface area contributed by atoms with Gasteiger partial charge in [0.05, 0.1) is 31.5 Å². The molecule has 1 heterocycles. The Morgan fingerprint density at radius 1 is 1.45 bits per heavy atom. The van der Waals surface area contributed by atoms with Crippen molar-refractivity contribution in [3.05, 3.63) is 41.7 Å². The molecule has 20 heavy (non-hydrogen) atoms. The first-order valence-electron chi connectivity index (χ1n) is 6.41. The Morgan fingerprint density at radius 2 is 2.20 bits per heavy atom. The predicted octanol–water partition coefficient (Wildman–Crippen LogP) is 1.21. The third-order valence-electron chi connectivity index (χ3n) is 3.04. The normalized spacial score (nSPS) is 13.2. The summed E-state index contributed by atoms with van der Waals surface area (Å²) < 4.78 is 6.73. The van der Waals surface area contributed by atoms with Gasteiger partial charge in [0, 0.05) is 0 Å². The smallest absolute Gasteiger partial charge is 0.119 e. The van der Waals surface area contributed by atoms with Gasteiger partial charge in [-0.2, -0.15) is 0 Å². The number of aliphatic hydroxyl groups is 1. The molecule has 1 atom stereocenters. The molecule has 1 aromatic heterocycles. The first-order valence-corrected chi connectivity index (χ1v) is 6.41. The van der Waals surface area contributed by atoms with E-state index in [2.05, 4.69) is 10.3 Å². The van der Waals surface area contributed by atoms with E-state index in [0.717, 1.165) is 5.56 Å². The predicted molar refractivity (Wildman–Crippen MR) is 75.2 cm³/mol. The van der Waals surface area contributed by atoms with E-state index in [1.807, 2.05) is 32.0 Å². The lowest BCUT2D eigenvalue weighted by atomic mass is 10.0. The van der Waals surface area contributed by atoms with Gasteiger partial charge in [0.1, 0.15) is 11.4 Å². The van der Waals surface area contributed by atoms with Crippen LogP contribution in [0.15, 0.2) is 30.5 Å². The summed E-state index contributed by atoms with van der Waals surface area (Å²) in [5.74, 6) is 0.712. The number of nitrogens with zero attached hydrogens (tertiary/aromatic N) is 3. The van der Waals surface area contributed by atoms with Crippen LogP contribution in [0.4, 0.5) is 0 Å². The maximum atomic E-state index is 10.2. The summed E-state index contributed by atoms with van der Waals surface area (Å²) in [6, 6.07) is 7.32. The summed E-state index contributed by atoms with van der Waals surface area (Å²) in [5, 5.41) is 18.2. The number of ether oxygens (including phenoxy) is 1. The summed E-state index contributed by atoms with van der Waals surface area (Å²) in [6.45, 7) is 4.04. The zero-order valence-electron chi connectivity index (χ0n) is 11.9. The zero-order valence-corrected chi connectivity index (χ0v) is 11.9. The number of hydrogen-bond acceptors (Lipinski definition) is 5. The Kier molecular flexibility index (Phi) is 4.06. The molecule has 0 saturated heterocycles. The fraction of sp³-hybridized carbons (Fsp3) is 0.429. The molecule has 1 unspecified atom stereocenters. The van der Waals surface area contributed by atoms with Crippen molar-refractivity contribution >= 4 is 0 Å². The van der Waals surface area contributed by atoms with Crippen molar-refractivity contribution < 1.29 is 9.84 Å². The summed E-state index contributed by atoms with van der Waals surface area (Å²) in [7, 11) is 1.60. The quantitative estimate of drug-likeness (QED) is 0.857. The highest BCUT2D eigenvalue weighted by molar-refractivity contribution is 5.29. The minimum Gasteiger partial charge on any atom is -0.497 e. The molecule has 0 radical (unpaired) electrons. The van der Waals surface area contributed by atoms with Crippen molar-refractivity contribution in [1.82, 2.24) is 15.0 Å². The Hall–Kier alpha value is -1.92. The van der Waals surface area contributed by atoms with Crippen molar-refractivity contribution in [2.75, 3.05) is 7.11 Å². The van der Waals surface area contributed by atoms with Gasteiger partial charge in [-0.3, -0.25) is 0 Å². The number of benzene rings is 1. The van der Waals surface area contributed by atoms with E-state index in [9.17, 15) is 5.11 Å². The SMILES string of the molecule is COc1cccc(C(O)Cn2cc(C(C)(C)N)nn2)c1. The molecule has 2 aromatic rings. The fourth-order valence-electron chi connectivity index (χ4n) is 1.81. The van der Waals surface area contributed by atoms with Crippen LogP contribution in [0, 0.1) is 0 Å². The summed E-state index contributed by atoms with van der Waals surface area (Å²) in [6.07, 6.45) is 1.07. The second-order valence-electron chi connectivity index (χ2n) is 5.34. The fourth-order valence-corrected chi connectivity index (χ4v) is 1.81. The molecule has 0 bridgehead atoms.